The van der Waals surface area contributed by atoms with Gasteiger partial charge in [-0.1, -0.05) is 17.3 Å². The number of anilines is 2. The summed E-state index contributed by atoms with van der Waals surface area (Å²) in [7, 11) is 0. The van der Waals surface area contributed by atoms with Gasteiger partial charge in [0.15, 0.2) is 6.61 Å². The lowest BCUT2D eigenvalue weighted by Crippen LogP contribution is -2.18. The molecule has 10 heteroatoms. The third-order valence-corrected chi connectivity index (χ3v) is 3.22. The second kappa shape index (κ2) is 9.04. The molecule has 0 aliphatic carbocycles. The number of halogens is 1. The van der Waals surface area contributed by atoms with Crippen LogP contribution in [0, 0.1) is 22.9 Å². The van der Waals surface area contributed by atoms with Crippen molar-refractivity contribution in [2.24, 2.45) is 5.16 Å². The first-order chi connectivity index (χ1) is 12.8. The van der Waals surface area contributed by atoms with Gasteiger partial charge in [-0.05, 0) is 30.7 Å². The van der Waals surface area contributed by atoms with Gasteiger partial charge in [-0.25, -0.2) is 4.39 Å². The Bertz CT molecular complexity index is 901. The molecule has 0 aromatic heterocycles. The van der Waals surface area contributed by atoms with E-state index in [4.69, 9.17) is 0 Å². The van der Waals surface area contributed by atoms with Crippen molar-refractivity contribution in [3.63, 3.8) is 0 Å². The molecule has 0 bridgehead atoms. The van der Waals surface area contributed by atoms with Crippen molar-refractivity contribution >= 4 is 35.1 Å². The molecule has 0 unspecified atom stereocenters. The van der Waals surface area contributed by atoms with E-state index in [2.05, 4.69) is 20.6 Å². The maximum Gasteiger partial charge on any atom is 0.271 e. The Morgan fingerprint density at radius 1 is 1.22 bits per heavy atom. The molecule has 0 fully saturated rings. The highest BCUT2D eigenvalue weighted by Gasteiger charge is 2.08. The SMILES string of the molecule is Cc1ccc(NC(=O)CO/N=C\C(=O)Nc2cccc([N+](=O)[O-])c2)cc1F. The maximum absolute atomic E-state index is 13.4. The van der Waals surface area contributed by atoms with Crippen LogP contribution in [0.15, 0.2) is 47.6 Å². The van der Waals surface area contributed by atoms with Crippen LogP contribution in [0.25, 0.3) is 0 Å². The smallest absolute Gasteiger partial charge is 0.271 e. The van der Waals surface area contributed by atoms with Gasteiger partial charge in [0.1, 0.15) is 12.0 Å². The second-order valence-electron chi connectivity index (χ2n) is 5.32. The van der Waals surface area contributed by atoms with Crippen molar-refractivity contribution < 1.29 is 23.7 Å². The molecule has 140 valence electrons. The predicted molar refractivity (Wildman–Crippen MR) is 95.9 cm³/mol. The van der Waals surface area contributed by atoms with Gasteiger partial charge in [-0.15, -0.1) is 0 Å². The van der Waals surface area contributed by atoms with Gasteiger partial charge in [-0.3, -0.25) is 19.7 Å². The van der Waals surface area contributed by atoms with Crippen LogP contribution in [-0.2, 0) is 14.4 Å². The number of benzene rings is 2. The van der Waals surface area contributed by atoms with E-state index in [0.717, 1.165) is 6.21 Å². The molecule has 27 heavy (non-hydrogen) atoms. The average Bonchev–Trinajstić information content (AvgIpc) is 2.62. The lowest BCUT2D eigenvalue weighted by molar-refractivity contribution is -0.384. The molecule has 0 radical (unpaired) electrons. The molecule has 0 saturated carbocycles. The van der Waals surface area contributed by atoms with Crippen molar-refractivity contribution in [3.8, 4) is 0 Å². The number of hydrogen-bond donors (Lipinski definition) is 2. The lowest BCUT2D eigenvalue weighted by Gasteiger charge is -2.05. The van der Waals surface area contributed by atoms with Crippen LogP contribution in [0.4, 0.5) is 21.5 Å². The van der Waals surface area contributed by atoms with Crippen LogP contribution in [-0.4, -0.2) is 29.6 Å². The summed E-state index contributed by atoms with van der Waals surface area (Å²) < 4.78 is 13.4. The molecule has 9 nitrogen and oxygen atoms in total. The third kappa shape index (κ3) is 6.20. The van der Waals surface area contributed by atoms with Gasteiger partial charge in [-0.2, -0.15) is 0 Å². The zero-order valence-corrected chi connectivity index (χ0v) is 14.1. The van der Waals surface area contributed by atoms with Crippen LogP contribution in [0.3, 0.4) is 0 Å². The van der Waals surface area contributed by atoms with Crippen molar-refractivity contribution in [3.05, 3.63) is 64.0 Å². The van der Waals surface area contributed by atoms with Crippen LogP contribution in [0.1, 0.15) is 5.56 Å². The Kier molecular flexibility index (Phi) is 6.53. The highest BCUT2D eigenvalue weighted by Crippen LogP contribution is 2.16. The number of nitro benzene ring substituents is 1. The maximum atomic E-state index is 13.4. The number of rotatable bonds is 7. The number of oxime groups is 1. The molecule has 0 saturated heterocycles. The molecule has 2 aromatic rings. The number of carbonyl (C=O) groups excluding carboxylic acids is 2. The van der Waals surface area contributed by atoms with Crippen LogP contribution in [0.2, 0.25) is 0 Å². The average molecular weight is 374 g/mol. The van der Waals surface area contributed by atoms with E-state index in [1.54, 1.807) is 6.92 Å². The number of nitrogens with one attached hydrogen (secondary N) is 2. The number of nitro groups is 1. The third-order valence-electron chi connectivity index (χ3n) is 3.22. The number of nitrogens with zero attached hydrogens (tertiary/aromatic N) is 2. The number of aryl methyl sites for hydroxylation is 1. The minimum absolute atomic E-state index is 0.176. The zero-order chi connectivity index (χ0) is 19.8. The lowest BCUT2D eigenvalue weighted by atomic mass is 10.2. The van der Waals surface area contributed by atoms with Crippen molar-refractivity contribution in [1.82, 2.24) is 0 Å². The fraction of sp³-hybridized carbons (Fsp3) is 0.118. The summed E-state index contributed by atoms with van der Waals surface area (Å²) >= 11 is 0. The highest BCUT2D eigenvalue weighted by molar-refractivity contribution is 6.31. The van der Waals surface area contributed by atoms with Gasteiger partial charge < -0.3 is 15.5 Å². The molecule has 0 atom stereocenters. The highest BCUT2D eigenvalue weighted by atomic mass is 19.1. The van der Waals surface area contributed by atoms with E-state index in [1.807, 2.05) is 0 Å². The van der Waals surface area contributed by atoms with E-state index in [-0.39, 0.29) is 17.1 Å². The fourth-order valence-corrected chi connectivity index (χ4v) is 1.92. The quantitative estimate of drug-likeness (QED) is 0.438. The summed E-state index contributed by atoms with van der Waals surface area (Å²) in [5.41, 5.74) is 0.743. The molecular weight excluding hydrogens is 359 g/mol. The van der Waals surface area contributed by atoms with Gasteiger partial charge in [0, 0.05) is 23.5 Å². The van der Waals surface area contributed by atoms with Crippen molar-refractivity contribution in [2.75, 3.05) is 17.2 Å². The largest absolute Gasteiger partial charge is 0.385 e. The van der Waals surface area contributed by atoms with Crippen LogP contribution < -0.4 is 10.6 Å². The Labute approximate surface area is 153 Å². The Morgan fingerprint density at radius 2 is 1.96 bits per heavy atom. The summed E-state index contributed by atoms with van der Waals surface area (Å²) in [6.45, 7) is 1.10. The first-order valence-electron chi connectivity index (χ1n) is 7.62. The standard InChI is InChI=1S/C17H15FN4O5/c1-11-5-6-13(8-15(11)18)21-17(24)10-27-19-9-16(23)20-12-3-2-4-14(7-12)22(25)26/h2-9H,10H2,1H3,(H,20,23)(H,21,24)/b19-9-. The summed E-state index contributed by atoms with van der Waals surface area (Å²) in [6, 6.07) is 9.57. The molecular formula is C17H15FN4O5. The van der Waals surface area contributed by atoms with Gasteiger partial charge in [0.25, 0.3) is 17.5 Å². The number of non-ortho nitro benzene ring substituents is 1. The van der Waals surface area contributed by atoms with Gasteiger partial charge in [0.2, 0.25) is 0 Å². The molecule has 0 spiro atoms. The van der Waals surface area contributed by atoms with Crippen LogP contribution >= 0.6 is 0 Å². The zero-order valence-electron chi connectivity index (χ0n) is 14.1. The minimum Gasteiger partial charge on any atom is -0.385 e. The monoisotopic (exact) mass is 374 g/mol. The number of carbonyl (C=O) groups is 2. The molecule has 2 rings (SSSR count). The molecule has 2 N–H and O–H groups in total. The summed E-state index contributed by atoms with van der Waals surface area (Å²) in [5.74, 6) is -1.74. The summed E-state index contributed by atoms with van der Waals surface area (Å²) in [5, 5.41) is 18.8. The minimum atomic E-state index is -0.698. The number of amides is 2. The van der Waals surface area contributed by atoms with E-state index in [9.17, 15) is 24.1 Å². The van der Waals surface area contributed by atoms with E-state index >= 15 is 0 Å². The predicted octanol–water partition coefficient (Wildman–Crippen LogP) is 2.62. The summed E-state index contributed by atoms with van der Waals surface area (Å²) in [4.78, 5) is 38.1. The second-order valence-corrected chi connectivity index (χ2v) is 5.32. The summed E-state index contributed by atoms with van der Waals surface area (Å²) in [6.07, 6.45) is 0.775. The Morgan fingerprint density at radius 3 is 2.67 bits per heavy atom. The molecule has 2 amide bonds. The van der Waals surface area contributed by atoms with E-state index in [1.165, 1.54) is 42.5 Å². The van der Waals surface area contributed by atoms with Crippen molar-refractivity contribution in [1.29, 1.82) is 0 Å². The Hall–Kier alpha value is -3.82. The van der Waals surface area contributed by atoms with E-state index < -0.39 is 29.2 Å². The van der Waals surface area contributed by atoms with Crippen molar-refractivity contribution in [2.45, 2.75) is 6.92 Å². The first kappa shape index (κ1) is 19.5. The van der Waals surface area contributed by atoms with Gasteiger partial charge in [0.05, 0.1) is 4.92 Å². The fourth-order valence-electron chi connectivity index (χ4n) is 1.92. The Balaban J connectivity index is 1.78. The topological polar surface area (TPSA) is 123 Å². The first-order valence-corrected chi connectivity index (χ1v) is 7.62. The van der Waals surface area contributed by atoms with E-state index in [0.29, 0.717) is 5.56 Å². The molecule has 0 aliphatic heterocycles. The van der Waals surface area contributed by atoms with Gasteiger partial charge >= 0.3 is 0 Å². The van der Waals surface area contributed by atoms with Crippen LogP contribution in [0.5, 0.6) is 0 Å². The normalized spacial score (nSPS) is 10.4. The molecule has 2 aromatic carbocycles. The number of hydrogen-bond acceptors (Lipinski definition) is 6. The molecule has 0 aliphatic rings. The molecule has 0 heterocycles.